The lowest BCUT2D eigenvalue weighted by atomic mass is 9.68. The van der Waals surface area contributed by atoms with Gasteiger partial charge in [-0.1, -0.05) is 524 Å². The molecule has 0 unspecified atom stereocenters. The van der Waals surface area contributed by atoms with E-state index in [1.807, 2.05) is 11.1 Å². The van der Waals surface area contributed by atoms with E-state index in [9.17, 15) is 0 Å². The highest BCUT2D eigenvalue weighted by Crippen LogP contribution is 2.74. The molecular weight excluding hydrogens is 1760 g/mol. The van der Waals surface area contributed by atoms with Gasteiger partial charge in [0.05, 0.1) is 32.9 Å². The Morgan fingerprint density at radius 1 is 0.213 bits per heavy atom. The Bertz CT molecular complexity index is 4850. The predicted octanol–water partition coefficient (Wildman–Crippen LogP) is 45.8. The third-order valence-corrected chi connectivity index (χ3v) is 40.3. The summed E-state index contributed by atoms with van der Waals surface area (Å²) in [6.07, 6.45) is 109. The monoisotopic (exact) mass is 1960 g/mol. The number of thiophene rings is 4. The van der Waals surface area contributed by atoms with Crippen LogP contribution in [0.15, 0.2) is 36.4 Å². The number of allylic oxidation sites excluding steroid dienone is 2. The van der Waals surface area contributed by atoms with Gasteiger partial charge in [0.2, 0.25) is 0 Å². The van der Waals surface area contributed by atoms with Crippen molar-refractivity contribution >= 4 is 121 Å². The van der Waals surface area contributed by atoms with Crippen LogP contribution in [0.25, 0.3) is 84.7 Å². The first-order valence-electron chi connectivity index (χ1n) is 59.7. The molecule has 0 saturated heterocycles. The van der Waals surface area contributed by atoms with Crippen molar-refractivity contribution in [3.05, 3.63) is 90.0 Å². The number of nitrogens with zero attached hydrogens (tertiary/aromatic N) is 4. The SMILES string of the molecule is CCCCCCCCCCCCCCCCC1(CCCCCCCCCCCCCCCC)c2cc3c(cc2-c2c1cc(C)c1nsnc21)C(CCCCCCCCCCCCCCCC)(CCCCCCCCCCCCCCCC)c1cc(-c2cc4sc5c(c4s2)C(CCCCCC)(CCCCCC)C2=C5C(CCCCCC)(CCCCCC)c4c2sc2cc(C)sc42)c2nsnc2c1-3. The standard InChI is InChI=1S/C126H196N4S6/c1-11-19-27-35-39-43-47-51-55-59-63-67-71-79-83-123(84-80-72-68-64-60-56-52-48-44-40-36-28-20-12-2)102-94-100-103(93-99(102)109-104(123)91-97(9)115-117(109)129-135-127-115)124(85-81-73-69-65-61-57-53-49-45-41-37-29-21-13-3,86-82-74-70-66-62-58-54-50-46-42-38-30-22-14-4)105-95-101(116-118(110(100)105)130-136-128-116)106-96-108-120(132-106)114-122(134-108)112-111(126(114,89-77-33-25-17-7)90-78-34-26-18-8)121-113(119-107(133-121)92-98(10)131-119)125(112,87-75-31-23-15-5)88-76-32-24-16-6/h91-96H,11-90H2,1-10H3. The zero-order valence-corrected chi connectivity index (χ0v) is 94.2. The zero-order chi connectivity index (χ0) is 94.9. The predicted molar refractivity (Wildman–Crippen MR) is 614 cm³/mol. The summed E-state index contributed by atoms with van der Waals surface area (Å²) in [6, 6.07) is 16.8. The highest BCUT2D eigenvalue weighted by Gasteiger charge is 2.60. The van der Waals surface area contributed by atoms with Gasteiger partial charge in [0.25, 0.3) is 0 Å². The van der Waals surface area contributed by atoms with Gasteiger partial charge < -0.3 is 0 Å². The van der Waals surface area contributed by atoms with Crippen molar-refractivity contribution in [2.45, 2.75) is 605 Å². The molecule has 6 heterocycles. The number of hydrogen-bond donors (Lipinski definition) is 0. The van der Waals surface area contributed by atoms with Crippen LogP contribution in [0.1, 0.15) is 623 Å². The zero-order valence-electron chi connectivity index (χ0n) is 89.3. The van der Waals surface area contributed by atoms with E-state index in [-0.39, 0.29) is 21.7 Å². The summed E-state index contributed by atoms with van der Waals surface area (Å²) in [5.74, 6) is 0. The molecule has 0 N–H and O–H groups in total. The molecule has 0 saturated carbocycles. The van der Waals surface area contributed by atoms with Gasteiger partial charge in [-0.2, -0.15) is 17.5 Å². The lowest BCUT2D eigenvalue weighted by molar-refractivity contribution is 0.393. The Kier molecular flexibility index (Phi) is 47.6. The van der Waals surface area contributed by atoms with Crippen LogP contribution < -0.4 is 0 Å². The van der Waals surface area contributed by atoms with Gasteiger partial charge in [0.1, 0.15) is 22.1 Å². The molecule has 0 radical (unpaired) electrons. The van der Waals surface area contributed by atoms with Gasteiger partial charge in [0, 0.05) is 67.3 Å². The molecule has 4 aliphatic rings. The van der Waals surface area contributed by atoms with E-state index >= 15 is 0 Å². The topological polar surface area (TPSA) is 51.6 Å². The fourth-order valence-corrected chi connectivity index (χ4v) is 33.8. The van der Waals surface area contributed by atoms with E-state index in [2.05, 4.69) is 151 Å². The van der Waals surface area contributed by atoms with Crippen molar-refractivity contribution in [2.24, 2.45) is 0 Å². The Balaban J connectivity index is 0.930. The molecule has 136 heavy (non-hydrogen) atoms. The summed E-state index contributed by atoms with van der Waals surface area (Å²) in [4.78, 5) is 6.42. The molecule has 756 valence electrons. The number of hydrogen-bond acceptors (Lipinski definition) is 10. The minimum absolute atomic E-state index is 0.0167. The molecule has 0 aliphatic heterocycles. The summed E-state index contributed by atoms with van der Waals surface area (Å²) in [5.41, 5.74) is 26.8. The number of benzene rings is 3. The van der Waals surface area contributed by atoms with Crippen LogP contribution in [0.4, 0.5) is 0 Å². The Morgan fingerprint density at radius 3 is 0.757 bits per heavy atom. The van der Waals surface area contributed by atoms with Gasteiger partial charge >= 0.3 is 0 Å². The molecule has 0 fully saturated rings. The second-order valence-corrected chi connectivity index (χ2v) is 50.5. The average Bonchev–Trinajstić information content (AvgIpc) is 1.48. The Hall–Kier alpha value is -3.64. The number of fused-ring (bicyclic) bond motifs is 18. The molecule has 4 nitrogen and oxygen atoms in total. The number of aromatic nitrogens is 4. The second-order valence-electron chi connectivity index (χ2n) is 45.0. The number of aryl methyl sites for hydroxylation is 2. The van der Waals surface area contributed by atoms with Crippen LogP contribution in [0.2, 0.25) is 0 Å². The largest absolute Gasteiger partial charge is 0.173 e. The van der Waals surface area contributed by atoms with E-state index in [1.54, 1.807) is 61.9 Å². The highest BCUT2D eigenvalue weighted by molar-refractivity contribution is 7.31. The molecule has 0 amide bonds. The molecule has 10 heteroatoms. The fraction of sp³-hybridized carbons (Fsp3) is 0.746. The average molecular weight is 1960 g/mol. The minimum atomic E-state index is -0.186. The van der Waals surface area contributed by atoms with Crippen molar-refractivity contribution in [3.63, 3.8) is 0 Å². The summed E-state index contributed by atoms with van der Waals surface area (Å²) in [6.45, 7) is 23.9. The third kappa shape index (κ3) is 27.8. The lowest BCUT2D eigenvalue weighted by Crippen LogP contribution is -2.27. The first-order valence-corrected chi connectivity index (χ1v) is 64.4. The molecule has 13 rings (SSSR count). The van der Waals surface area contributed by atoms with Crippen molar-refractivity contribution in [2.75, 3.05) is 0 Å². The molecule has 6 aromatic heterocycles. The highest BCUT2D eigenvalue weighted by atomic mass is 32.1. The molecular formula is C126H196N4S6. The number of unbranched alkanes of at least 4 members (excludes halogenated alkanes) is 64. The van der Waals surface area contributed by atoms with E-state index < -0.39 is 0 Å². The van der Waals surface area contributed by atoms with Gasteiger partial charge in [-0.15, -0.1) is 45.3 Å². The van der Waals surface area contributed by atoms with Crippen molar-refractivity contribution in [1.82, 2.24) is 17.5 Å². The normalized spacial score (nSPS) is 14.8. The van der Waals surface area contributed by atoms with Crippen LogP contribution >= 0.6 is 68.8 Å². The molecule has 4 aliphatic carbocycles. The maximum absolute atomic E-state index is 5.84. The van der Waals surface area contributed by atoms with Crippen LogP contribution in [0.3, 0.4) is 0 Å². The maximum atomic E-state index is 5.84. The third-order valence-electron chi connectivity index (χ3n) is 34.4. The van der Waals surface area contributed by atoms with E-state index in [1.165, 1.54) is 591 Å². The summed E-state index contributed by atoms with van der Waals surface area (Å²) in [5, 5.41) is 0. The maximum Gasteiger partial charge on any atom is 0.114 e. The quantitative estimate of drug-likeness (QED) is 0.0357. The van der Waals surface area contributed by atoms with Crippen LogP contribution in [-0.4, -0.2) is 17.5 Å². The molecule has 0 atom stereocenters. The van der Waals surface area contributed by atoms with Gasteiger partial charge in [-0.25, -0.2) is 0 Å². The van der Waals surface area contributed by atoms with Gasteiger partial charge in [-0.05, 0) is 157 Å². The van der Waals surface area contributed by atoms with Crippen molar-refractivity contribution < 1.29 is 0 Å². The van der Waals surface area contributed by atoms with Gasteiger partial charge in [-0.3, -0.25) is 0 Å². The van der Waals surface area contributed by atoms with Crippen LogP contribution in [-0.2, 0) is 21.7 Å². The number of rotatable bonds is 81. The van der Waals surface area contributed by atoms with Crippen molar-refractivity contribution in [3.8, 4) is 32.7 Å². The minimum Gasteiger partial charge on any atom is -0.173 e. The first kappa shape index (κ1) is 110. The Morgan fingerprint density at radius 2 is 0.449 bits per heavy atom. The van der Waals surface area contributed by atoms with Crippen LogP contribution in [0.5, 0.6) is 0 Å². The Labute approximate surface area is 858 Å². The molecule has 0 bridgehead atoms. The smallest absolute Gasteiger partial charge is 0.114 e. The first-order chi connectivity index (χ1) is 67.1. The molecule has 3 aromatic carbocycles. The summed E-state index contributed by atoms with van der Waals surface area (Å²) >= 11 is 11.9. The summed E-state index contributed by atoms with van der Waals surface area (Å²) < 4.78 is 28.8. The van der Waals surface area contributed by atoms with E-state index in [0.29, 0.717) is 0 Å². The van der Waals surface area contributed by atoms with Gasteiger partial charge in [0.15, 0.2) is 0 Å². The molecule has 0 spiro atoms. The second kappa shape index (κ2) is 59.1. The lowest BCUT2D eigenvalue weighted by Gasteiger charge is -2.35. The van der Waals surface area contributed by atoms with E-state index in [4.69, 9.17) is 17.5 Å². The van der Waals surface area contributed by atoms with Crippen LogP contribution in [0, 0.1) is 13.8 Å². The fourth-order valence-electron chi connectivity index (χ4n) is 26.7. The molecule has 9 aromatic rings. The van der Waals surface area contributed by atoms with Crippen molar-refractivity contribution in [1.29, 1.82) is 0 Å². The summed E-state index contributed by atoms with van der Waals surface area (Å²) in [7, 11) is 0. The van der Waals surface area contributed by atoms with E-state index in [0.717, 1.165) is 11.0 Å².